The molecule has 3 nitrogen and oxygen atoms in total. The van der Waals surface area contributed by atoms with Gasteiger partial charge in [-0.1, -0.05) is 6.92 Å². The number of nitrogens with one attached hydrogen (secondary N) is 1. The van der Waals surface area contributed by atoms with Crippen LogP contribution < -0.4 is 5.32 Å². The van der Waals surface area contributed by atoms with Gasteiger partial charge in [-0.25, -0.2) is 14.4 Å². The number of hydrogen-bond acceptors (Lipinski definition) is 3. The van der Waals surface area contributed by atoms with Gasteiger partial charge in [-0.05, 0) is 12.8 Å². The minimum absolute atomic E-state index is 0.245. The Balaban J connectivity index is 2.63. The molecular formula is C9H13ClFN3. The third-order valence-electron chi connectivity index (χ3n) is 1.85. The molecule has 78 valence electrons. The molecule has 1 unspecified atom stereocenters. The highest BCUT2D eigenvalue weighted by Crippen LogP contribution is 2.12. The summed E-state index contributed by atoms with van der Waals surface area (Å²) in [5.74, 6) is 0.675. The van der Waals surface area contributed by atoms with Crippen LogP contribution in [0.1, 0.15) is 12.6 Å². The van der Waals surface area contributed by atoms with Crippen molar-refractivity contribution in [3.63, 3.8) is 0 Å². The minimum Gasteiger partial charge on any atom is -0.367 e. The summed E-state index contributed by atoms with van der Waals surface area (Å²) < 4.78 is 13.3. The predicted molar refractivity (Wildman–Crippen MR) is 55.1 cm³/mol. The van der Waals surface area contributed by atoms with Gasteiger partial charge in [0.05, 0.1) is 5.69 Å². The Morgan fingerprint density at radius 2 is 2.29 bits per heavy atom. The van der Waals surface area contributed by atoms with Crippen LogP contribution in [0, 0.1) is 18.7 Å². The third-order valence-corrected chi connectivity index (χ3v) is 2.37. The molecule has 1 aromatic heterocycles. The van der Waals surface area contributed by atoms with Gasteiger partial charge in [0, 0.05) is 12.4 Å². The van der Waals surface area contributed by atoms with Crippen molar-refractivity contribution < 1.29 is 4.39 Å². The molecule has 1 atom stereocenters. The van der Waals surface area contributed by atoms with Gasteiger partial charge >= 0.3 is 0 Å². The van der Waals surface area contributed by atoms with Gasteiger partial charge in [0.15, 0.2) is 11.6 Å². The molecule has 0 aromatic carbocycles. The molecule has 0 aliphatic rings. The summed E-state index contributed by atoms with van der Waals surface area (Å²) in [5.41, 5.74) is 0.348. The van der Waals surface area contributed by atoms with Gasteiger partial charge in [-0.2, -0.15) is 0 Å². The molecule has 14 heavy (non-hydrogen) atoms. The number of rotatable bonds is 4. The second-order valence-electron chi connectivity index (χ2n) is 3.26. The number of aryl methyl sites for hydroxylation is 1. The van der Waals surface area contributed by atoms with E-state index in [0.29, 0.717) is 18.1 Å². The molecule has 0 saturated carbocycles. The largest absolute Gasteiger partial charge is 0.367 e. The number of anilines is 1. The van der Waals surface area contributed by atoms with E-state index in [2.05, 4.69) is 15.3 Å². The first-order valence-corrected chi connectivity index (χ1v) is 4.95. The number of hydrogen-bond donors (Lipinski definition) is 1. The molecule has 0 radical (unpaired) electrons. The highest BCUT2D eigenvalue weighted by Gasteiger charge is 2.07. The lowest BCUT2D eigenvalue weighted by atomic mass is 10.2. The van der Waals surface area contributed by atoms with Crippen molar-refractivity contribution in [1.29, 1.82) is 0 Å². The minimum atomic E-state index is -0.394. The van der Waals surface area contributed by atoms with Gasteiger partial charge in [-0.15, -0.1) is 11.6 Å². The van der Waals surface area contributed by atoms with Crippen LogP contribution in [0.5, 0.6) is 0 Å². The molecule has 1 heterocycles. The highest BCUT2D eigenvalue weighted by molar-refractivity contribution is 6.18. The van der Waals surface area contributed by atoms with Crippen LogP contribution in [0.15, 0.2) is 6.33 Å². The van der Waals surface area contributed by atoms with Crippen molar-refractivity contribution in [2.45, 2.75) is 13.8 Å². The summed E-state index contributed by atoms with van der Waals surface area (Å²) in [6.07, 6.45) is 1.34. The Bertz CT molecular complexity index is 306. The standard InChI is InChI=1S/C9H13ClFN3/c1-6(3-10)4-12-9-8(11)7(2)13-5-14-9/h5-6H,3-4H2,1-2H3,(H,12,13,14). The number of alkyl halides is 1. The Morgan fingerprint density at radius 1 is 1.57 bits per heavy atom. The van der Waals surface area contributed by atoms with Crippen LogP contribution >= 0.6 is 11.6 Å². The monoisotopic (exact) mass is 217 g/mol. The summed E-state index contributed by atoms with van der Waals surface area (Å²) in [6.45, 7) is 4.19. The number of halogens is 2. The highest BCUT2D eigenvalue weighted by atomic mass is 35.5. The number of aromatic nitrogens is 2. The first-order valence-electron chi connectivity index (χ1n) is 4.42. The van der Waals surface area contributed by atoms with Gasteiger partial charge in [-0.3, -0.25) is 0 Å². The van der Waals surface area contributed by atoms with Crippen LogP contribution in [-0.4, -0.2) is 22.4 Å². The topological polar surface area (TPSA) is 37.8 Å². The van der Waals surface area contributed by atoms with Crippen molar-refractivity contribution in [3.8, 4) is 0 Å². The van der Waals surface area contributed by atoms with Crippen molar-refractivity contribution >= 4 is 17.4 Å². The zero-order valence-corrected chi connectivity index (χ0v) is 8.98. The van der Waals surface area contributed by atoms with Crippen LogP contribution in [0.25, 0.3) is 0 Å². The van der Waals surface area contributed by atoms with Crippen molar-refractivity contribution in [2.24, 2.45) is 5.92 Å². The molecular weight excluding hydrogens is 205 g/mol. The Morgan fingerprint density at radius 3 is 2.93 bits per heavy atom. The maximum atomic E-state index is 13.3. The zero-order valence-electron chi connectivity index (χ0n) is 8.22. The summed E-state index contributed by atoms with van der Waals surface area (Å²) >= 11 is 5.62. The van der Waals surface area contributed by atoms with Crippen LogP contribution in [-0.2, 0) is 0 Å². The fourth-order valence-electron chi connectivity index (χ4n) is 0.907. The number of nitrogens with zero attached hydrogens (tertiary/aromatic N) is 2. The second kappa shape index (κ2) is 5.10. The first-order chi connectivity index (χ1) is 6.65. The Labute approximate surface area is 87.7 Å². The van der Waals surface area contributed by atoms with E-state index in [9.17, 15) is 4.39 Å². The van der Waals surface area contributed by atoms with Crippen LogP contribution in [0.3, 0.4) is 0 Å². The van der Waals surface area contributed by atoms with Crippen LogP contribution in [0.2, 0.25) is 0 Å². The first kappa shape index (κ1) is 11.2. The van der Waals surface area contributed by atoms with E-state index < -0.39 is 5.82 Å². The molecule has 0 bridgehead atoms. The molecule has 1 N–H and O–H groups in total. The van der Waals surface area contributed by atoms with E-state index in [1.165, 1.54) is 6.33 Å². The lowest BCUT2D eigenvalue weighted by Crippen LogP contribution is -2.14. The van der Waals surface area contributed by atoms with Gasteiger partial charge in [0.2, 0.25) is 0 Å². The molecule has 1 rings (SSSR count). The molecule has 1 aromatic rings. The summed E-state index contributed by atoms with van der Waals surface area (Å²) in [7, 11) is 0. The van der Waals surface area contributed by atoms with Gasteiger partial charge in [0.25, 0.3) is 0 Å². The van der Waals surface area contributed by atoms with Crippen LogP contribution in [0.4, 0.5) is 10.2 Å². The summed E-state index contributed by atoms with van der Waals surface area (Å²) in [6, 6.07) is 0. The van der Waals surface area contributed by atoms with Gasteiger partial charge in [0.1, 0.15) is 6.33 Å². The summed E-state index contributed by atoms with van der Waals surface area (Å²) in [4.78, 5) is 7.54. The quantitative estimate of drug-likeness (QED) is 0.786. The normalized spacial score (nSPS) is 12.6. The Hall–Kier alpha value is -0.900. The average Bonchev–Trinajstić information content (AvgIpc) is 2.20. The van der Waals surface area contributed by atoms with E-state index in [-0.39, 0.29) is 11.7 Å². The molecule has 0 fully saturated rings. The molecule has 0 aliphatic carbocycles. The predicted octanol–water partition coefficient (Wildman–Crippen LogP) is 2.21. The van der Waals surface area contributed by atoms with Crippen molar-refractivity contribution in [1.82, 2.24) is 9.97 Å². The fraction of sp³-hybridized carbons (Fsp3) is 0.556. The van der Waals surface area contributed by atoms with Crippen molar-refractivity contribution in [3.05, 3.63) is 17.8 Å². The molecule has 0 saturated heterocycles. The SMILES string of the molecule is Cc1ncnc(NCC(C)CCl)c1F. The zero-order chi connectivity index (χ0) is 10.6. The molecule has 5 heteroatoms. The third kappa shape index (κ3) is 2.80. The van der Waals surface area contributed by atoms with Crippen molar-refractivity contribution in [2.75, 3.05) is 17.7 Å². The molecule has 0 aliphatic heterocycles. The molecule has 0 spiro atoms. The lowest BCUT2D eigenvalue weighted by molar-refractivity contribution is 0.600. The van der Waals surface area contributed by atoms with E-state index in [1.807, 2.05) is 6.92 Å². The Kier molecular flexibility index (Phi) is 4.07. The fourth-order valence-corrected chi connectivity index (χ4v) is 1.02. The van der Waals surface area contributed by atoms with Gasteiger partial charge < -0.3 is 5.32 Å². The second-order valence-corrected chi connectivity index (χ2v) is 3.57. The average molecular weight is 218 g/mol. The van der Waals surface area contributed by atoms with E-state index in [1.54, 1.807) is 6.92 Å². The maximum absolute atomic E-state index is 13.3. The molecule has 0 amide bonds. The lowest BCUT2D eigenvalue weighted by Gasteiger charge is -2.10. The summed E-state index contributed by atoms with van der Waals surface area (Å²) in [5, 5.41) is 2.89. The maximum Gasteiger partial charge on any atom is 0.186 e. The van der Waals surface area contributed by atoms with E-state index in [0.717, 1.165) is 0 Å². The smallest absolute Gasteiger partial charge is 0.186 e. The van der Waals surface area contributed by atoms with E-state index in [4.69, 9.17) is 11.6 Å². The van der Waals surface area contributed by atoms with E-state index >= 15 is 0 Å².